The van der Waals surface area contributed by atoms with Gasteiger partial charge in [-0.15, -0.1) is 0 Å². The number of aryl methyl sites for hydroxylation is 1. The van der Waals surface area contributed by atoms with Crippen molar-refractivity contribution < 1.29 is 4.42 Å². The number of furan rings is 1. The van der Waals surface area contributed by atoms with Gasteiger partial charge in [-0.2, -0.15) is 0 Å². The zero-order chi connectivity index (χ0) is 11.8. The summed E-state index contributed by atoms with van der Waals surface area (Å²) in [5.41, 5.74) is 1.26. The molecule has 0 aliphatic heterocycles. The number of hydrogen-bond acceptors (Lipinski definition) is 3. The Morgan fingerprint density at radius 1 is 1.25 bits per heavy atom. The Balaban J connectivity index is 1.94. The van der Waals surface area contributed by atoms with E-state index in [9.17, 15) is 0 Å². The summed E-state index contributed by atoms with van der Waals surface area (Å²) < 4.78 is 5.23. The Bertz CT molecular complexity index is 281. The fourth-order valence-electron chi connectivity index (χ4n) is 1.55. The van der Waals surface area contributed by atoms with Crippen molar-refractivity contribution in [1.29, 1.82) is 0 Å². The lowest BCUT2D eigenvalue weighted by Gasteiger charge is -2.07. The van der Waals surface area contributed by atoms with E-state index in [1.165, 1.54) is 12.0 Å². The average molecular weight is 224 g/mol. The molecule has 0 aliphatic carbocycles. The van der Waals surface area contributed by atoms with Crippen LogP contribution in [0.25, 0.3) is 0 Å². The lowest BCUT2D eigenvalue weighted by Crippen LogP contribution is -2.24. The Morgan fingerprint density at radius 3 is 2.62 bits per heavy atom. The molecule has 0 aromatic carbocycles. The van der Waals surface area contributed by atoms with Gasteiger partial charge < -0.3 is 15.1 Å². The molecule has 3 nitrogen and oxygen atoms in total. The summed E-state index contributed by atoms with van der Waals surface area (Å²) in [6, 6.07) is 2.03. The highest BCUT2D eigenvalue weighted by Crippen LogP contribution is 2.07. The van der Waals surface area contributed by atoms with E-state index in [0.29, 0.717) is 0 Å². The number of nitrogens with one attached hydrogen (secondary N) is 2. The first kappa shape index (κ1) is 13.3. The molecule has 0 aliphatic rings. The standard InChI is InChI=1S/C13H24N2O/c1-11(2)9-14-6-4-7-15-10-13-5-8-16-12(13)3/h5,8,11,14-15H,4,6-7,9-10H2,1-3H3. The fourth-order valence-corrected chi connectivity index (χ4v) is 1.55. The van der Waals surface area contributed by atoms with Crippen LogP contribution in [0.3, 0.4) is 0 Å². The van der Waals surface area contributed by atoms with Crippen molar-refractivity contribution in [3.63, 3.8) is 0 Å². The summed E-state index contributed by atoms with van der Waals surface area (Å²) >= 11 is 0. The molecule has 0 saturated carbocycles. The molecule has 0 unspecified atom stereocenters. The first-order valence-corrected chi connectivity index (χ1v) is 6.14. The third-order valence-corrected chi connectivity index (χ3v) is 2.54. The van der Waals surface area contributed by atoms with Crippen molar-refractivity contribution in [2.45, 2.75) is 33.7 Å². The molecule has 0 atom stereocenters. The molecule has 0 spiro atoms. The van der Waals surface area contributed by atoms with Crippen LogP contribution in [0.4, 0.5) is 0 Å². The van der Waals surface area contributed by atoms with Crippen molar-refractivity contribution in [2.75, 3.05) is 19.6 Å². The zero-order valence-electron chi connectivity index (χ0n) is 10.7. The molecule has 0 amide bonds. The predicted molar refractivity (Wildman–Crippen MR) is 67.5 cm³/mol. The van der Waals surface area contributed by atoms with Gasteiger partial charge in [0, 0.05) is 12.1 Å². The fraction of sp³-hybridized carbons (Fsp3) is 0.692. The van der Waals surface area contributed by atoms with Crippen LogP contribution in [0, 0.1) is 12.8 Å². The first-order chi connectivity index (χ1) is 7.70. The predicted octanol–water partition coefficient (Wildman–Crippen LogP) is 2.31. The molecule has 2 N–H and O–H groups in total. The van der Waals surface area contributed by atoms with Gasteiger partial charge in [-0.1, -0.05) is 13.8 Å². The first-order valence-electron chi connectivity index (χ1n) is 6.14. The maximum absolute atomic E-state index is 5.23. The van der Waals surface area contributed by atoms with Crippen molar-refractivity contribution in [2.24, 2.45) is 5.92 Å². The largest absolute Gasteiger partial charge is 0.469 e. The number of hydrogen-bond donors (Lipinski definition) is 2. The second-order valence-corrected chi connectivity index (χ2v) is 4.63. The van der Waals surface area contributed by atoms with E-state index >= 15 is 0 Å². The van der Waals surface area contributed by atoms with Crippen LogP contribution < -0.4 is 10.6 Å². The van der Waals surface area contributed by atoms with E-state index in [1.54, 1.807) is 6.26 Å². The van der Waals surface area contributed by atoms with E-state index in [0.717, 1.165) is 37.9 Å². The molecular formula is C13H24N2O. The third-order valence-electron chi connectivity index (χ3n) is 2.54. The summed E-state index contributed by atoms with van der Waals surface area (Å²) in [4.78, 5) is 0. The molecule has 1 heterocycles. The second kappa shape index (κ2) is 7.47. The maximum Gasteiger partial charge on any atom is 0.105 e. The van der Waals surface area contributed by atoms with Crippen molar-refractivity contribution in [3.8, 4) is 0 Å². The summed E-state index contributed by atoms with van der Waals surface area (Å²) in [7, 11) is 0. The van der Waals surface area contributed by atoms with Gasteiger partial charge in [-0.05, 0) is 45.0 Å². The second-order valence-electron chi connectivity index (χ2n) is 4.63. The minimum atomic E-state index is 0.738. The summed E-state index contributed by atoms with van der Waals surface area (Å²) in [6.07, 6.45) is 2.92. The minimum absolute atomic E-state index is 0.738. The molecule has 1 rings (SSSR count). The van der Waals surface area contributed by atoms with Crippen LogP contribution >= 0.6 is 0 Å². The van der Waals surface area contributed by atoms with Crippen molar-refractivity contribution >= 4 is 0 Å². The lowest BCUT2D eigenvalue weighted by atomic mass is 10.2. The van der Waals surface area contributed by atoms with E-state index in [-0.39, 0.29) is 0 Å². The molecule has 0 bridgehead atoms. The Labute approximate surface area is 98.6 Å². The van der Waals surface area contributed by atoms with E-state index in [4.69, 9.17) is 4.42 Å². The molecule has 0 radical (unpaired) electrons. The zero-order valence-corrected chi connectivity index (χ0v) is 10.7. The van der Waals surface area contributed by atoms with Crippen LogP contribution in [0.15, 0.2) is 16.7 Å². The molecule has 1 aromatic heterocycles. The Morgan fingerprint density at radius 2 is 2.00 bits per heavy atom. The molecule has 16 heavy (non-hydrogen) atoms. The van der Waals surface area contributed by atoms with Gasteiger partial charge in [-0.3, -0.25) is 0 Å². The highest BCUT2D eigenvalue weighted by Gasteiger charge is 1.99. The SMILES string of the molecule is Cc1occc1CNCCCNCC(C)C. The number of rotatable bonds is 8. The van der Waals surface area contributed by atoms with E-state index in [1.807, 2.05) is 13.0 Å². The topological polar surface area (TPSA) is 37.2 Å². The highest BCUT2D eigenvalue weighted by atomic mass is 16.3. The van der Waals surface area contributed by atoms with Gasteiger partial charge in [-0.25, -0.2) is 0 Å². The molecular weight excluding hydrogens is 200 g/mol. The van der Waals surface area contributed by atoms with Gasteiger partial charge in [0.25, 0.3) is 0 Å². The minimum Gasteiger partial charge on any atom is -0.469 e. The van der Waals surface area contributed by atoms with Gasteiger partial charge >= 0.3 is 0 Å². The average Bonchev–Trinajstić information content (AvgIpc) is 2.62. The summed E-state index contributed by atoms with van der Waals surface area (Å²) in [5, 5.41) is 6.85. The van der Waals surface area contributed by atoms with Gasteiger partial charge in [0.15, 0.2) is 0 Å². The van der Waals surface area contributed by atoms with Gasteiger partial charge in [0.1, 0.15) is 5.76 Å². The van der Waals surface area contributed by atoms with E-state index < -0.39 is 0 Å². The van der Waals surface area contributed by atoms with E-state index in [2.05, 4.69) is 24.5 Å². The normalized spacial score (nSPS) is 11.2. The van der Waals surface area contributed by atoms with Crippen molar-refractivity contribution in [3.05, 3.63) is 23.7 Å². The van der Waals surface area contributed by atoms with Crippen LogP contribution in [0.1, 0.15) is 31.6 Å². The van der Waals surface area contributed by atoms with Crippen LogP contribution in [0.2, 0.25) is 0 Å². The van der Waals surface area contributed by atoms with Gasteiger partial charge in [0.05, 0.1) is 6.26 Å². The Hall–Kier alpha value is -0.800. The molecule has 92 valence electrons. The van der Waals surface area contributed by atoms with Gasteiger partial charge in [0.2, 0.25) is 0 Å². The molecule has 3 heteroatoms. The van der Waals surface area contributed by atoms with Crippen LogP contribution in [-0.2, 0) is 6.54 Å². The highest BCUT2D eigenvalue weighted by molar-refractivity contribution is 5.14. The lowest BCUT2D eigenvalue weighted by molar-refractivity contribution is 0.518. The summed E-state index contributed by atoms with van der Waals surface area (Å²) in [6.45, 7) is 10.6. The van der Waals surface area contributed by atoms with Crippen LogP contribution in [0.5, 0.6) is 0 Å². The van der Waals surface area contributed by atoms with Crippen molar-refractivity contribution in [1.82, 2.24) is 10.6 Å². The van der Waals surface area contributed by atoms with Crippen LogP contribution in [-0.4, -0.2) is 19.6 Å². The summed E-state index contributed by atoms with van der Waals surface area (Å²) in [5.74, 6) is 1.76. The molecule has 1 aromatic rings. The molecule has 0 fully saturated rings. The smallest absolute Gasteiger partial charge is 0.105 e. The third kappa shape index (κ3) is 5.33. The maximum atomic E-state index is 5.23. The quantitative estimate of drug-likeness (QED) is 0.665. The monoisotopic (exact) mass is 224 g/mol. The Kier molecular flexibility index (Phi) is 6.19. The molecule has 0 saturated heterocycles.